The van der Waals surface area contributed by atoms with Crippen LogP contribution in [0.3, 0.4) is 0 Å². The predicted molar refractivity (Wildman–Crippen MR) is 89.3 cm³/mol. The first-order valence-corrected chi connectivity index (χ1v) is 8.00. The number of pyridine rings is 1. The van der Waals surface area contributed by atoms with Crippen molar-refractivity contribution in [1.29, 1.82) is 0 Å². The van der Waals surface area contributed by atoms with Gasteiger partial charge >= 0.3 is 0 Å². The average Bonchev–Trinajstić information content (AvgIpc) is 3.06. The third kappa shape index (κ3) is 2.80. The fourth-order valence-corrected chi connectivity index (χ4v) is 3.09. The van der Waals surface area contributed by atoms with E-state index in [1.54, 1.807) is 11.0 Å². The molecule has 0 unspecified atom stereocenters. The SMILES string of the molecule is CCN(Cc1cc2ccccc2[nH]c1=O)C(=O)c1cccs1. The molecule has 3 rings (SSSR count). The molecular weight excluding hydrogens is 296 g/mol. The van der Waals surface area contributed by atoms with Crippen LogP contribution in [0.25, 0.3) is 10.9 Å². The Morgan fingerprint density at radius 2 is 2.05 bits per heavy atom. The van der Waals surface area contributed by atoms with E-state index in [1.165, 1.54) is 11.3 Å². The minimum atomic E-state index is -0.142. The molecule has 4 nitrogen and oxygen atoms in total. The van der Waals surface area contributed by atoms with Crippen molar-refractivity contribution in [2.45, 2.75) is 13.5 Å². The van der Waals surface area contributed by atoms with Crippen LogP contribution >= 0.6 is 11.3 Å². The molecular formula is C17H16N2O2S. The van der Waals surface area contributed by atoms with Gasteiger partial charge in [0.15, 0.2) is 0 Å². The molecule has 112 valence electrons. The number of para-hydroxylation sites is 1. The standard InChI is InChI=1S/C17H16N2O2S/c1-2-19(17(21)15-8-5-9-22-15)11-13-10-12-6-3-4-7-14(12)18-16(13)20/h3-10H,2,11H2,1H3,(H,18,20). The number of hydrogen-bond donors (Lipinski definition) is 1. The van der Waals surface area contributed by atoms with E-state index in [4.69, 9.17) is 0 Å². The Hall–Kier alpha value is -2.40. The van der Waals surface area contributed by atoms with E-state index in [-0.39, 0.29) is 11.5 Å². The van der Waals surface area contributed by atoms with Gasteiger partial charge in [-0.05, 0) is 35.9 Å². The normalized spacial score (nSPS) is 10.8. The van der Waals surface area contributed by atoms with Crippen molar-refractivity contribution in [2.24, 2.45) is 0 Å². The summed E-state index contributed by atoms with van der Waals surface area (Å²) in [7, 11) is 0. The second kappa shape index (κ2) is 6.15. The van der Waals surface area contributed by atoms with Gasteiger partial charge < -0.3 is 9.88 Å². The average molecular weight is 312 g/mol. The lowest BCUT2D eigenvalue weighted by molar-refractivity contribution is 0.0757. The molecule has 0 bridgehead atoms. The first-order chi connectivity index (χ1) is 10.7. The first-order valence-electron chi connectivity index (χ1n) is 7.12. The van der Waals surface area contributed by atoms with Crippen LogP contribution in [-0.4, -0.2) is 22.3 Å². The van der Waals surface area contributed by atoms with Gasteiger partial charge in [0.2, 0.25) is 0 Å². The second-order valence-corrected chi connectivity index (χ2v) is 5.96. The number of aromatic amines is 1. The zero-order valence-corrected chi connectivity index (χ0v) is 13.0. The largest absolute Gasteiger partial charge is 0.334 e. The lowest BCUT2D eigenvalue weighted by atomic mass is 10.1. The Balaban J connectivity index is 1.92. The van der Waals surface area contributed by atoms with Crippen LogP contribution in [0.2, 0.25) is 0 Å². The molecule has 0 atom stereocenters. The lowest BCUT2D eigenvalue weighted by Gasteiger charge is -2.20. The van der Waals surface area contributed by atoms with Crippen LogP contribution in [0, 0.1) is 0 Å². The second-order valence-electron chi connectivity index (χ2n) is 5.01. The van der Waals surface area contributed by atoms with Gasteiger partial charge in [0.1, 0.15) is 0 Å². The summed E-state index contributed by atoms with van der Waals surface area (Å²) in [5.74, 6) is -0.0370. The topological polar surface area (TPSA) is 53.2 Å². The lowest BCUT2D eigenvalue weighted by Crippen LogP contribution is -2.32. The number of carbonyl (C=O) groups is 1. The summed E-state index contributed by atoms with van der Waals surface area (Å²) in [6.45, 7) is 2.79. The predicted octanol–water partition coefficient (Wildman–Crippen LogP) is 3.25. The van der Waals surface area contributed by atoms with Gasteiger partial charge in [0.05, 0.1) is 11.4 Å². The third-order valence-corrected chi connectivity index (χ3v) is 4.45. The molecule has 0 fully saturated rings. The molecule has 2 aromatic heterocycles. The summed E-state index contributed by atoms with van der Waals surface area (Å²) in [6.07, 6.45) is 0. The highest BCUT2D eigenvalue weighted by molar-refractivity contribution is 7.12. The number of carbonyl (C=O) groups excluding carboxylic acids is 1. The quantitative estimate of drug-likeness (QED) is 0.804. The maximum absolute atomic E-state index is 12.4. The third-order valence-electron chi connectivity index (χ3n) is 3.59. The van der Waals surface area contributed by atoms with Crippen molar-refractivity contribution in [3.63, 3.8) is 0 Å². The molecule has 0 spiro atoms. The van der Waals surface area contributed by atoms with Crippen LogP contribution in [0.5, 0.6) is 0 Å². The number of thiophene rings is 1. The number of nitrogens with zero attached hydrogens (tertiary/aromatic N) is 1. The van der Waals surface area contributed by atoms with Gasteiger partial charge in [-0.2, -0.15) is 0 Å². The number of rotatable bonds is 4. The number of hydrogen-bond acceptors (Lipinski definition) is 3. The Kier molecular flexibility index (Phi) is 4.06. The molecule has 0 aliphatic rings. The molecule has 0 saturated carbocycles. The van der Waals surface area contributed by atoms with Crippen LogP contribution in [0.1, 0.15) is 22.2 Å². The maximum atomic E-state index is 12.4. The number of H-pyrrole nitrogens is 1. The van der Waals surface area contributed by atoms with E-state index >= 15 is 0 Å². The molecule has 0 aliphatic carbocycles. The van der Waals surface area contributed by atoms with E-state index < -0.39 is 0 Å². The van der Waals surface area contributed by atoms with Crippen molar-refractivity contribution < 1.29 is 4.79 Å². The van der Waals surface area contributed by atoms with Gasteiger partial charge in [-0.25, -0.2) is 0 Å². The van der Waals surface area contributed by atoms with Crippen molar-refractivity contribution in [1.82, 2.24) is 9.88 Å². The zero-order chi connectivity index (χ0) is 15.5. The molecule has 1 amide bonds. The Labute approximate surface area is 132 Å². The van der Waals surface area contributed by atoms with E-state index in [9.17, 15) is 9.59 Å². The van der Waals surface area contributed by atoms with E-state index in [1.807, 2.05) is 48.7 Å². The minimum Gasteiger partial charge on any atom is -0.334 e. The van der Waals surface area contributed by atoms with Gasteiger partial charge in [-0.3, -0.25) is 9.59 Å². The minimum absolute atomic E-state index is 0.0370. The smallest absolute Gasteiger partial charge is 0.264 e. The summed E-state index contributed by atoms with van der Waals surface area (Å²) in [5.41, 5.74) is 1.27. The van der Waals surface area contributed by atoms with Crippen molar-refractivity contribution in [3.05, 3.63) is 68.6 Å². The fraction of sp³-hybridized carbons (Fsp3) is 0.176. The number of benzene rings is 1. The summed E-state index contributed by atoms with van der Waals surface area (Å²) in [4.78, 5) is 29.9. The van der Waals surface area contributed by atoms with Crippen LogP contribution in [0.4, 0.5) is 0 Å². The van der Waals surface area contributed by atoms with Crippen LogP contribution in [-0.2, 0) is 6.54 Å². The number of nitrogens with one attached hydrogen (secondary N) is 1. The highest BCUT2D eigenvalue weighted by Gasteiger charge is 2.17. The molecule has 22 heavy (non-hydrogen) atoms. The first kappa shape index (κ1) is 14.5. The van der Waals surface area contributed by atoms with Crippen LogP contribution in [0.15, 0.2) is 52.6 Å². The number of amides is 1. The van der Waals surface area contributed by atoms with Crippen molar-refractivity contribution in [3.8, 4) is 0 Å². The molecule has 1 aromatic carbocycles. The molecule has 2 heterocycles. The summed E-state index contributed by atoms with van der Waals surface area (Å²) in [5, 5.41) is 2.85. The molecule has 0 aliphatic heterocycles. The Morgan fingerprint density at radius 1 is 1.23 bits per heavy atom. The highest BCUT2D eigenvalue weighted by Crippen LogP contribution is 2.15. The molecule has 0 saturated heterocycles. The van der Waals surface area contributed by atoms with E-state index in [2.05, 4.69) is 4.98 Å². The van der Waals surface area contributed by atoms with Gasteiger partial charge in [-0.1, -0.05) is 24.3 Å². The highest BCUT2D eigenvalue weighted by atomic mass is 32.1. The van der Waals surface area contributed by atoms with Crippen molar-refractivity contribution in [2.75, 3.05) is 6.54 Å². The molecule has 3 aromatic rings. The van der Waals surface area contributed by atoms with Crippen molar-refractivity contribution >= 4 is 28.1 Å². The number of aromatic nitrogens is 1. The maximum Gasteiger partial charge on any atom is 0.264 e. The molecule has 5 heteroatoms. The monoisotopic (exact) mass is 312 g/mol. The van der Waals surface area contributed by atoms with Gasteiger partial charge in [0, 0.05) is 17.6 Å². The zero-order valence-electron chi connectivity index (χ0n) is 12.2. The molecule has 1 N–H and O–H groups in total. The molecule has 0 radical (unpaired) electrons. The van der Waals surface area contributed by atoms with Gasteiger partial charge in [0.25, 0.3) is 11.5 Å². The Bertz CT molecular complexity index is 852. The Morgan fingerprint density at radius 3 is 2.77 bits per heavy atom. The summed E-state index contributed by atoms with van der Waals surface area (Å²) in [6, 6.07) is 13.2. The van der Waals surface area contributed by atoms with E-state index in [0.29, 0.717) is 23.5 Å². The van der Waals surface area contributed by atoms with E-state index in [0.717, 1.165) is 10.9 Å². The number of fused-ring (bicyclic) bond motifs is 1. The summed E-state index contributed by atoms with van der Waals surface area (Å²) < 4.78 is 0. The fourth-order valence-electron chi connectivity index (χ4n) is 2.40. The summed E-state index contributed by atoms with van der Waals surface area (Å²) >= 11 is 1.41. The van der Waals surface area contributed by atoms with Gasteiger partial charge in [-0.15, -0.1) is 11.3 Å². The van der Waals surface area contributed by atoms with Crippen LogP contribution < -0.4 is 5.56 Å².